The molecular weight excluding hydrogens is 217 g/mol. The van der Waals surface area contributed by atoms with Gasteiger partial charge in [0.05, 0.1) is 0 Å². The summed E-state index contributed by atoms with van der Waals surface area (Å²) in [6, 6.07) is 4.08. The Balaban J connectivity index is 3.01. The molecule has 2 heteroatoms. The fraction of sp³-hybridized carbons (Fsp3) is 0.286. The number of hydrogen-bond donors (Lipinski definition) is 0. The Morgan fingerprint density at radius 3 is 2.89 bits per heavy atom. The Morgan fingerprint density at radius 2 is 2.44 bits per heavy atom. The van der Waals surface area contributed by atoms with Crippen LogP contribution in [0.2, 0.25) is 0 Å². The molecule has 0 bridgehead atoms. The molecule has 0 aliphatic rings. The van der Waals surface area contributed by atoms with E-state index in [1.807, 2.05) is 12.3 Å². The molecule has 0 atom stereocenters. The Hall–Kier alpha value is -0.0513. The molecule has 0 fully saturated rings. The molecule has 1 aromatic rings. The number of rotatable bonds is 1. The van der Waals surface area contributed by atoms with E-state index in [-0.39, 0.29) is 0 Å². The van der Waals surface area contributed by atoms with Crippen molar-refractivity contribution in [3.8, 4) is 0 Å². The van der Waals surface area contributed by atoms with E-state index < -0.39 is 0 Å². The second kappa shape index (κ2) is 3.20. The van der Waals surface area contributed by atoms with Crippen molar-refractivity contribution in [1.29, 1.82) is 0 Å². The topological polar surface area (TPSA) is 12.9 Å². The minimum absolute atomic E-state index is 1.12. The average Bonchev–Trinajstić information content (AvgIpc) is 1.89. The molecule has 1 rings (SSSR count). The zero-order chi connectivity index (χ0) is 6.69. The first-order valence-corrected chi connectivity index (χ1v) is 4.91. The van der Waals surface area contributed by atoms with Crippen LogP contribution in [0.25, 0.3) is 0 Å². The Bertz CT molecular complexity index is 198. The minimum atomic E-state index is 1.12. The van der Waals surface area contributed by atoms with Crippen molar-refractivity contribution in [2.24, 2.45) is 0 Å². The first kappa shape index (κ1) is 7.06. The summed E-state index contributed by atoms with van der Waals surface area (Å²) in [4.78, 5) is 4.22. The van der Waals surface area contributed by atoms with Crippen molar-refractivity contribution in [1.82, 2.24) is 4.98 Å². The van der Waals surface area contributed by atoms with Crippen LogP contribution in [0.1, 0.15) is 11.3 Å². The van der Waals surface area contributed by atoms with Gasteiger partial charge < -0.3 is 0 Å². The number of pyridine rings is 1. The van der Waals surface area contributed by atoms with Gasteiger partial charge in [0, 0.05) is 0 Å². The molecule has 0 saturated heterocycles. The van der Waals surface area contributed by atoms with Crippen LogP contribution < -0.4 is 0 Å². The van der Waals surface area contributed by atoms with E-state index in [4.69, 9.17) is 0 Å². The third-order valence-corrected chi connectivity index (χ3v) is 2.24. The summed E-state index contributed by atoms with van der Waals surface area (Å²) in [7, 11) is 0. The normalized spacial score (nSPS) is 9.56. The molecule has 1 nitrogen and oxygen atoms in total. The molecular formula is C7H8NSn. The van der Waals surface area contributed by atoms with Gasteiger partial charge in [0.1, 0.15) is 0 Å². The maximum atomic E-state index is 4.22. The van der Waals surface area contributed by atoms with Crippen molar-refractivity contribution in [2.75, 3.05) is 0 Å². The molecule has 1 aromatic heterocycles. The van der Waals surface area contributed by atoms with Gasteiger partial charge in [-0.25, -0.2) is 0 Å². The molecule has 0 aliphatic heterocycles. The van der Waals surface area contributed by atoms with Gasteiger partial charge in [-0.05, 0) is 0 Å². The Morgan fingerprint density at radius 1 is 1.67 bits per heavy atom. The maximum absolute atomic E-state index is 4.22. The average molecular weight is 225 g/mol. The van der Waals surface area contributed by atoms with E-state index in [1.54, 1.807) is 0 Å². The van der Waals surface area contributed by atoms with Crippen LogP contribution in [0.15, 0.2) is 18.3 Å². The van der Waals surface area contributed by atoms with E-state index in [9.17, 15) is 0 Å². The first-order valence-electron chi connectivity index (χ1n) is 2.89. The summed E-state index contributed by atoms with van der Waals surface area (Å²) in [5, 5.41) is 0. The van der Waals surface area contributed by atoms with Gasteiger partial charge in [-0.3, -0.25) is 0 Å². The van der Waals surface area contributed by atoms with Crippen LogP contribution in [0.3, 0.4) is 0 Å². The summed E-state index contributed by atoms with van der Waals surface area (Å²) in [6.45, 7) is 2.10. The van der Waals surface area contributed by atoms with Crippen LogP contribution in [0.5, 0.6) is 0 Å². The fourth-order valence-corrected chi connectivity index (χ4v) is 1.76. The van der Waals surface area contributed by atoms with Gasteiger partial charge >= 0.3 is 68.5 Å². The molecule has 1 heterocycles. The molecule has 0 aromatic carbocycles. The van der Waals surface area contributed by atoms with Crippen LogP contribution in [-0.4, -0.2) is 27.5 Å². The molecule has 0 amide bonds. The number of nitrogens with zero attached hydrogens (tertiary/aromatic N) is 1. The van der Waals surface area contributed by atoms with Crippen LogP contribution in [-0.2, 0) is 4.44 Å². The number of aryl methyl sites for hydroxylation is 1. The molecule has 0 N–H and O–H groups in total. The van der Waals surface area contributed by atoms with Gasteiger partial charge in [-0.1, -0.05) is 0 Å². The molecule has 0 saturated carbocycles. The summed E-state index contributed by atoms with van der Waals surface area (Å²) in [6.07, 6.45) is 1.85. The summed E-state index contributed by atoms with van der Waals surface area (Å²) in [5.41, 5.74) is 2.56. The zero-order valence-corrected chi connectivity index (χ0v) is 8.24. The zero-order valence-electron chi connectivity index (χ0n) is 5.39. The summed E-state index contributed by atoms with van der Waals surface area (Å²) < 4.78 is 1.12. The van der Waals surface area contributed by atoms with Crippen molar-refractivity contribution < 1.29 is 0 Å². The third kappa shape index (κ3) is 1.68. The SMILES string of the molecule is Cc1cccnc1[CH2][Sn]. The Labute approximate surface area is 68.6 Å². The fourth-order valence-electron chi connectivity index (χ4n) is 0.703. The van der Waals surface area contributed by atoms with E-state index in [1.165, 1.54) is 33.8 Å². The molecule has 0 unspecified atom stereocenters. The molecule has 0 spiro atoms. The van der Waals surface area contributed by atoms with Gasteiger partial charge in [0.2, 0.25) is 0 Å². The van der Waals surface area contributed by atoms with Gasteiger partial charge in [0.25, 0.3) is 0 Å². The van der Waals surface area contributed by atoms with E-state index in [0.29, 0.717) is 0 Å². The third-order valence-electron chi connectivity index (χ3n) is 1.29. The van der Waals surface area contributed by atoms with Crippen LogP contribution in [0.4, 0.5) is 0 Å². The van der Waals surface area contributed by atoms with Crippen molar-refractivity contribution in [3.05, 3.63) is 29.6 Å². The van der Waals surface area contributed by atoms with Crippen molar-refractivity contribution in [2.45, 2.75) is 11.4 Å². The molecule has 0 aliphatic carbocycles. The standard InChI is InChI=1S/C7H8N.Sn/c1-6-4-3-5-8-7(6)2;/h3-5H,2H2,1H3;. The predicted molar refractivity (Wildman–Crippen MR) is 38.4 cm³/mol. The van der Waals surface area contributed by atoms with Crippen molar-refractivity contribution in [3.63, 3.8) is 0 Å². The van der Waals surface area contributed by atoms with E-state index >= 15 is 0 Å². The predicted octanol–water partition coefficient (Wildman–Crippen LogP) is 1.06. The van der Waals surface area contributed by atoms with Crippen LogP contribution >= 0.6 is 0 Å². The quantitative estimate of drug-likeness (QED) is 0.651. The van der Waals surface area contributed by atoms with Gasteiger partial charge in [-0.2, -0.15) is 0 Å². The van der Waals surface area contributed by atoms with Gasteiger partial charge in [-0.15, -0.1) is 0 Å². The number of hydrogen-bond acceptors (Lipinski definition) is 1. The van der Waals surface area contributed by atoms with E-state index in [2.05, 4.69) is 18.0 Å². The summed E-state index contributed by atoms with van der Waals surface area (Å²) in [5.74, 6) is 0. The second-order valence-corrected chi connectivity index (χ2v) is 2.95. The van der Waals surface area contributed by atoms with Crippen LogP contribution in [0, 0.1) is 6.92 Å². The molecule has 45 valence electrons. The van der Waals surface area contributed by atoms with Gasteiger partial charge in [0.15, 0.2) is 0 Å². The summed E-state index contributed by atoms with van der Waals surface area (Å²) >= 11 is 1.53. The Kier molecular flexibility index (Phi) is 2.51. The number of aromatic nitrogens is 1. The second-order valence-electron chi connectivity index (χ2n) is 1.94. The van der Waals surface area contributed by atoms with Crippen molar-refractivity contribution >= 4 is 22.5 Å². The van der Waals surface area contributed by atoms with E-state index in [0.717, 1.165) is 4.44 Å². The first-order chi connectivity index (χ1) is 4.34. The molecule has 3 radical (unpaired) electrons. The monoisotopic (exact) mass is 226 g/mol. The molecule has 9 heavy (non-hydrogen) atoms.